The summed E-state index contributed by atoms with van der Waals surface area (Å²) in [4.78, 5) is 12.4. The second kappa shape index (κ2) is 5.51. The minimum Gasteiger partial charge on any atom is -0.390 e. The van der Waals surface area contributed by atoms with Crippen LogP contribution < -0.4 is 5.32 Å². The molecule has 4 heteroatoms. The van der Waals surface area contributed by atoms with Crippen molar-refractivity contribution in [1.82, 2.24) is 5.32 Å². The highest BCUT2D eigenvalue weighted by atomic mass is 35.5. The fourth-order valence-corrected chi connectivity index (χ4v) is 3.13. The number of aryl methyl sites for hydroxylation is 1. The van der Waals surface area contributed by atoms with Crippen molar-refractivity contribution in [3.05, 3.63) is 69.7 Å². The zero-order valence-corrected chi connectivity index (χ0v) is 12.4. The van der Waals surface area contributed by atoms with Gasteiger partial charge in [0.2, 0.25) is 0 Å². The number of benzene rings is 2. The van der Waals surface area contributed by atoms with Crippen LogP contribution in [0.5, 0.6) is 0 Å². The molecule has 2 atom stereocenters. The van der Waals surface area contributed by atoms with Gasteiger partial charge < -0.3 is 10.4 Å². The predicted molar refractivity (Wildman–Crippen MR) is 82.5 cm³/mol. The van der Waals surface area contributed by atoms with E-state index < -0.39 is 6.10 Å². The molecule has 0 heterocycles. The van der Waals surface area contributed by atoms with Crippen LogP contribution in [0.4, 0.5) is 0 Å². The number of amides is 1. The number of nitrogens with one attached hydrogen (secondary N) is 1. The number of rotatable bonds is 2. The third kappa shape index (κ3) is 2.80. The first kappa shape index (κ1) is 14.1. The first-order valence-corrected chi connectivity index (χ1v) is 7.26. The highest BCUT2D eigenvalue weighted by molar-refractivity contribution is 6.31. The number of carbonyl (C=O) groups excluding carboxylic acids is 1. The SMILES string of the molecule is Cc1cc(Cl)cc(C(=O)NC2c3ccccc3CC2O)c1. The Balaban J connectivity index is 1.85. The van der Waals surface area contributed by atoms with Crippen LogP contribution in [0.1, 0.15) is 33.1 Å². The lowest BCUT2D eigenvalue weighted by molar-refractivity contribution is 0.0858. The molecule has 0 radical (unpaired) electrons. The molecule has 0 spiro atoms. The second-order valence-electron chi connectivity index (χ2n) is 5.44. The van der Waals surface area contributed by atoms with E-state index in [2.05, 4.69) is 5.32 Å². The number of hydrogen-bond acceptors (Lipinski definition) is 2. The second-order valence-corrected chi connectivity index (χ2v) is 5.88. The highest BCUT2D eigenvalue weighted by Crippen LogP contribution is 2.31. The Bertz CT molecular complexity index is 679. The summed E-state index contributed by atoms with van der Waals surface area (Å²) in [5.41, 5.74) is 3.51. The zero-order valence-electron chi connectivity index (χ0n) is 11.6. The number of carbonyl (C=O) groups is 1. The minimum absolute atomic E-state index is 0.221. The molecule has 0 fully saturated rings. The normalized spacial score (nSPS) is 20.1. The summed E-state index contributed by atoms with van der Waals surface area (Å²) in [7, 11) is 0. The van der Waals surface area contributed by atoms with E-state index in [-0.39, 0.29) is 11.9 Å². The van der Waals surface area contributed by atoms with E-state index >= 15 is 0 Å². The lowest BCUT2D eigenvalue weighted by Crippen LogP contribution is -2.33. The van der Waals surface area contributed by atoms with Crippen LogP contribution in [0, 0.1) is 6.92 Å². The summed E-state index contributed by atoms with van der Waals surface area (Å²) < 4.78 is 0. The van der Waals surface area contributed by atoms with Gasteiger partial charge >= 0.3 is 0 Å². The van der Waals surface area contributed by atoms with Crippen LogP contribution in [0.25, 0.3) is 0 Å². The number of aliphatic hydroxyl groups excluding tert-OH is 1. The monoisotopic (exact) mass is 301 g/mol. The maximum atomic E-state index is 12.4. The zero-order chi connectivity index (χ0) is 15.0. The van der Waals surface area contributed by atoms with Gasteiger partial charge in [0.05, 0.1) is 12.1 Å². The first-order valence-electron chi connectivity index (χ1n) is 6.88. The maximum Gasteiger partial charge on any atom is 0.251 e. The topological polar surface area (TPSA) is 49.3 Å². The van der Waals surface area contributed by atoms with Gasteiger partial charge in [-0.25, -0.2) is 0 Å². The van der Waals surface area contributed by atoms with Crippen molar-refractivity contribution in [1.29, 1.82) is 0 Å². The smallest absolute Gasteiger partial charge is 0.251 e. The first-order chi connectivity index (χ1) is 10.0. The Morgan fingerprint density at radius 3 is 2.81 bits per heavy atom. The van der Waals surface area contributed by atoms with E-state index in [1.165, 1.54) is 0 Å². The van der Waals surface area contributed by atoms with E-state index in [1.807, 2.05) is 31.2 Å². The van der Waals surface area contributed by atoms with Crippen molar-refractivity contribution in [2.24, 2.45) is 0 Å². The third-order valence-electron chi connectivity index (χ3n) is 3.79. The lowest BCUT2D eigenvalue weighted by Gasteiger charge is -2.18. The molecule has 0 saturated heterocycles. The molecule has 21 heavy (non-hydrogen) atoms. The lowest BCUT2D eigenvalue weighted by atomic mass is 10.1. The highest BCUT2D eigenvalue weighted by Gasteiger charge is 2.32. The molecule has 1 amide bonds. The molecule has 108 valence electrons. The summed E-state index contributed by atoms with van der Waals surface area (Å²) in [6, 6.07) is 12.6. The van der Waals surface area contributed by atoms with E-state index in [4.69, 9.17) is 11.6 Å². The van der Waals surface area contributed by atoms with Crippen LogP contribution in [0.3, 0.4) is 0 Å². The van der Waals surface area contributed by atoms with Gasteiger partial charge in [0.15, 0.2) is 0 Å². The Labute approximate surface area is 128 Å². The molecule has 2 unspecified atom stereocenters. The van der Waals surface area contributed by atoms with Crippen LogP contribution >= 0.6 is 11.6 Å². The van der Waals surface area contributed by atoms with Gasteiger partial charge in [0, 0.05) is 17.0 Å². The largest absolute Gasteiger partial charge is 0.390 e. The molecule has 1 aliphatic carbocycles. The number of halogens is 1. The third-order valence-corrected chi connectivity index (χ3v) is 4.01. The number of hydrogen-bond donors (Lipinski definition) is 2. The van der Waals surface area contributed by atoms with Crippen molar-refractivity contribution in [2.75, 3.05) is 0 Å². The maximum absolute atomic E-state index is 12.4. The van der Waals surface area contributed by atoms with Crippen LogP contribution in [0.15, 0.2) is 42.5 Å². The van der Waals surface area contributed by atoms with Crippen molar-refractivity contribution in [2.45, 2.75) is 25.5 Å². The Hall–Kier alpha value is -1.84. The Kier molecular flexibility index (Phi) is 3.70. The standard InChI is InChI=1S/C17H16ClNO2/c1-10-6-12(8-13(18)7-10)17(21)19-16-14-5-3-2-4-11(14)9-15(16)20/h2-8,15-16,20H,9H2,1H3,(H,19,21). The Morgan fingerprint density at radius 2 is 2.05 bits per heavy atom. The van der Waals surface area contributed by atoms with E-state index in [0.29, 0.717) is 17.0 Å². The fourth-order valence-electron chi connectivity index (χ4n) is 2.84. The van der Waals surface area contributed by atoms with Crippen molar-refractivity contribution >= 4 is 17.5 Å². The molecular weight excluding hydrogens is 286 g/mol. The van der Waals surface area contributed by atoms with Gasteiger partial charge in [0.25, 0.3) is 5.91 Å². The summed E-state index contributed by atoms with van der Waals surface area (Å²) >= 11 is 5.99. The molecule has 1 aliphatic rings. The molecule has 2 aromatic carbocycles. The minimum atomic E-state index is -0.591. The summed E-state index contributed by atoms with van der Waals surface area (Å²) in [6.45, 7) is 1.89. The Morgan fingerprint density at radius 1 is 1.29 bits per heavy atom. The molecule has 3 nitrogen and oxygen atoms in total. The molecule has 0 saturated carbocycles. The summed E-state index contributed by atoms with van der Waals surface area (Å²) in [5, 5.41) is 13.6. The van der Waals surface area contributed by atoms with E-state index in [0.717, 1.165) is 16.7 Å². The predicted octanol–water partition coefficient (Wildman–Crippen LogP) is 3.04. The van der Waals surface area contributed by atoms with E-state index in [9.17, 15) is 9.90 Å². The fraction of sp³-hybridized carbons (Fsp3) is 0.235. The summed E-state index contributed by atoms with van der Waals surface area (Å²) in [5.74, 6) is -0.221. The molecule has 2 aromatic rings. The van der Waals surface area contributed by atoms with Gasteiger partial charge in [-0.05, 0) is 41.8 Å². The van der Waals surface area contributed by atoms with Crippen molar-refractivity contribution in [3.8, 4) is 0 Å². The van der Waals surface area contributed by atoms with Crippen LogP contribution in [0.2, 0.25) is 5.02 Å². The molecule has 2 N–H and O–H groups in total. The average molecular weight is 302 g/mol. The van der Waals surface area contributed by atoms with Crippen LogP contribution in [-0.2, 0) is 6.42 Å². The van der Waals surface area contributed by atoms with Crippen molar-refractivity contribution in [3.63, 3.8) is 0 Å². The average Bonchev–Trinajstić information content (AvgIpc) is 2.74. The number of fused-ring (bicyclic) bond motifs is 1. The quantitative estimate of drug-likeness (QED) is 0.896. The molecule has 0 bridgehead atoms. The van der Waals surface area contributed by atoms with Crippen LogP contribution in [-0.4, -0.2) is 17.1 Å². The molecule has 0 aliphatic heterocycles. The van der Waals surface area contributed by atoms with Crippen molar-refractivity contribution < 1.29 is 9.90 Å². The number of aliphatic hydroxyl groups is 1. The molecule has 3 rings (SSSR count). The molecular formula is C17H16ClNO2. The van der Waals surface area contributed by atoms with Gasteiger partial charge in [-0.15, -0.1) is 0 Å². The molecule has 0 aromatic heterocycles. The van der Waals surface area contributed by atoms with Gasteiger partial charge in [-0.2, -0.15) is 0 Å². The van der Waals surface area contributed by atoms with E-state index in [1.54, 1.807) is 18.2 Å². The van der Waals surface area contributed by atoms with Gasteiger partial charge in [-0.3, -0.25) is 4.79 Å². The van der Waals surface area contributed by atoms with Gasteiger partial charge in [-0.1, -0.05) is 35.9 Å². The van der Waals surface area contributed by atoms with Gasteiger partial charge in [0.1, 0.15) is 0 Å². The summed E-state index contributed by atoms with van der Waals surface area (Å²) in [6.07, 6.45) is -0.0259.